The van der Waals surface area contributed by atoms with Gasteiger partial charge in [-0.25, -0.2) is 8.78 Å². The molecule has 0 fully saturated rings. The van der Waals surface area contributed by atoms with E-state index in [1.165, 1.54) is 24.3 Å². The summed E-state index contributed by atoms with van der Waals surface area (Å²) >= 11 is 3.08. The molecule has 42 heavy (non-hydrogen) atoms. The van der Waals surface area contributed by atoms with Crippen molar-refractivity contribution in [2.24, 2.45) is 0 Å². The first kappa shape index (κ1) is 27.9. The molecule has 0 saturated heterocycles. The average Bonchev–Trinajstić information content (AvgIpc) is 3.62. The van der Waals surface area contributed by atoms with Crippen LogP contribution in [0.4, 0.5) is 8.78 Å². The lowest BCUT2D eigenvalue weighted by Gasteiger charge is -2.12. The smallest absolute Gasteiger partial charge is 0.196 e. The highest BCUT2D eigenvalue weighted by Gasteiger charge is 2.19. The van der Waals surface area contributed by atoms with Crippen LogP contribution in [-0.4, -0.2) is 29.5 Å². The zero-order valence-electron chi connectivity index (χ0n) is 22.5. The van der Waals surface area contributed by atoms with Crippen LogP contribution in [0.1, 0.15) is 22.8 Å². The van der Waals surface area contributed by atoms with Crippen LogP contribution in [0.15, 0.2) is 120 Å². The Morgan fingerprint density at radius 3 is 1.33 bits per heavy atom. The van der Waals surface area contributed by atoms with E-state index in [1.807, 2.05) is 57.7 Å². The number of nitrogens with zero attached hydrogens (tertiary/aromatic N) is 6. The van der Waals surface area contributed by atoms with Gasteiger partial charge in [-0.2, -0.15) is 0 Å². The van der Waals surface area contributed by atoms with Crippen LogP contribution in [0.3, 0.4) is 0 Å². The van der Waals surface area contributed by atoms with Crippen LogP contribution < -0.4 is 0 Å². The molecule has 0 atom stereocenters. The first-order valence-corrected chi connectivity index (χ1v) is 15.3. The highest BCUT2D eigenvalue weighted by atomic mass is 32.2. The minimum atomic E-state index is -0.336. The Hall–Kier alpha value is -4.28. The summed E-state index contributed by atoms with van der Waals surface area (Å²) in [6.07, 6.45) is 0.929. The fraction of sp³-hybridized carbons (Fsp3) is 0.125. The normalized spacial score (nSPS) is 11.2. The van der Waals surface area contributed by atoms with E-state index >= 15 is 0 Å². The van der Waals surface area contributed by atoms with E-state index in [0.29, 0.717) is 57.7 Å². The van der Waals surface area contributed by atoms with Crippen LogP contribution in [0.25, 0.3) is 11.4 Å². The monoisotopic (exact) mass is 596 g/mol. The van der Waals surface area contributed by atoms with Crippen molar-refractivity contribution in [2.45, 2.75) is 34.7 Å². The van der Waals surface area contributed by atoms with Gasteiger partial charge in [-0.3, -0.25) is 9.13 Å². The quantitative estimate of drug-likeness (QED) is 0.144. The number of rotatable bonds is 11. The van der Waals surface area contributed by atoms with Gasteiger partial charge in [0.15, 0.2) is 10.3 Å². The maximum Gasteiger partial charge on any atom is 0.196 e. The van der Waals surface area contributed by atoms with Crippen molar-refractivity contribution in [3.05, 3.63) is 144 Å². The van der Waals surface area contributed by atoms with Gasteiger partial charge in [-0.15, -0.1) is 20.4 Å². The Balaban J connectivity index is 1.29. The second-order valence-corrected chi connectivity index (χ2v) is 11.4. The average molecular weight is 597 g/mol. The van der Waals surface area contributed by atoms with E-state index in [-0.39, 0.29) is 11.6 Å². The molecular weight excluding hydrogens is 571 g/mol. The van der Waals surface area contributed by atoms with Crippen molar-refractivity contribution in [2.75, 3.05) is 0 Å². The van der Waals surface area contributed by atoms with Crippen molar-refractivity contribution < 1.29 is 8.78 Å². The molecule has 6 aromatic rings. The molecule has 0 aliphatic heterocycles. The fourth-order valence-electron chi connectivity index (χ4n) is 4.53. The minimum Gasteiger partial charge on any atom is -0.274 e. The van der Waals surface area contributed by atoms with E-state index in [0.717, 1.165) is 11.1 Å². The summed E-state index contributed by atoms with van der Waals surface area (Å²) in [5.41, 5.74) is 3.61. The van der Waals surface area contributed by atoms with Crippen LogP contribution in [0, 0.1) is 11.6 Å². The second-order valence-electron chi connectivity index (χ2n) is 9.48. The van der Waals surface area contributed by atoms with E-state index in [1.54, 1.807) is 35.7 Å². The van der Waals surface area contributed by atoms with Gasteiger partial charge in [0, 0.05) is 24.3 Å². The van der Waals surface area contributed by atoms with Crippen LogP contribution in [-0.2, 0) is 24.3 Å². The Kier molecular flexibility index (Phi) is 8.72. The van der Waals surface area contributed by atoms with E-state index < -0.39 is 0 Å². The van der Waals surface area contributed by atoms with Gasteiger partial charge in [-0.1, -0.05) is 96.3 Å². The Bertz CT molecular complexity index is 1640. The molecule has 6 rings (SSSR count). The summed E-state index contributed by atoms with van der Waals surface area (Å²) in [6.45, 7) is 0. The molecule has 0 saturated carbocycles. The Morgan fingerprint density at radius 2 is 0.929 bits per heavy atom. The minimum absolute atomic E-state index is 0.336. The molecule has 2 heterocycles. The summed E-state index contributed by atoms with van der Waals surface area (Å²) in [4.78, 5) is 0. The molecule has 0 spiro atoms. The summed E-state index contributed by atoms with van der Waals surface area (Å²) in [5, 5.41) is 19.3. The van der Waals surface area contributed by atoms with Crippen LogP contribution in [0.5, 0.6) is 0 Å². The topological polar surface area (TPSA) is 61.4 Å². The van der Waals surface area contributed by atoms with E-state index in [9.17, 15) is 8.78 Å². The Labute approximate surface area is 250 Å². The molecule has 0 bridgehead atoms. The van der Waals surface area contributed by atoms with E-state index in [4.69, 9.17) is 0 Å². The first-order valence-electron chi connectivity index (χ1n) is 13.4. The lowest BCUT2D eigenvalue weighted by Crippen LogP contribution is -2.09. The van der Waals surface area contributed by atoms with Crippen molar-refractivity contribution in [1.82, 2.24) is 29.5 Å². The number of hydrogen-bond donors (Lipinski definition) is 0. The maximum atomic E-state index is 14.3. The molecule has 6 nitrogen and oxygen atoms in total. The van der Waals surface area contributed by atoms with Gasteiger partial charge in [-0.05, 0) is 47.5 Å². The predicted octanol–water partition coefficient (Wildman–Crippen LogP) is 7.50. The summed E-state index contributed by atoms with van der Waals surface area (Å²) in [6, 6.07) is 33.0. The van der Waals surface area contributed by atoms with Gasteiger partial charge in [0.1, 0.15) is 23.3 Å². The summed E-state index contributed by atoms with van der Waals surface area (Å²) in [5.74, 6) is 2.06. The summed E-state index contributed by atoms with van der Waals surface area (Å²) < 4.78 is 32.3. The molecular formula is C32H26F2N6S2. The fourth-order valence-corrected chi connectivity index (χ4v) is 6.38. The van der Waals surface area contributed by atoms with Gasteiger partial charge < -0.3 is 0 Å². The summed E-state index contributed by atoms with van der Waals surface area (Å²) in [7, 11) is 0. The standard InChI is InChI=1S/C32H26F2N6S2/c33-25-13-7-15-27(19-25)39-29(35-37-31(39)41-21-23-9-3-1-4-10-23)17-18-30-36-38-32(42-22-24-11-5-2-6-12-24)40(30)28-16-8-14-26(34)20-28/h1-16,19-20H,17-18,21-22H2. The van der Waals surface area contributed by atoms with E-state index in [2.05, 4.69) is 44.7 Å². The third-order valence-corrected chi connectivity index (χ3v) is 8.53. The highest BCUT2D eigenvalue weighted by Crippen LogP contribution is 2.28. The van der Waals surface area contributed by atoms with Crippen molar-refractivity contribution >= 4 is 23.5 Å². The number of halogens is 2. The number of aryl methyl sites for hydroxylation is 2. The van der Waals surface area contributed by atoms with Crippen LogP contribution in [0.2, 0.25) is 0 Å². The molecule has 0 radical (unpaired) electrons. The largest absolute Gasteiger partial charge is 0.274 e. The molecule has 0 N–H and O–H groups in total. The van der Waals surface area contributed by atoms with Crippen molar-refractivity contribution in [3.63, 3.8) is 0 Å². The number of benzene rings is 4. The molecule has 0 aliphatic rings. The van der Waals surface area contributed by atoms with Gasteiger partial charge in [0.05, 0.1) is 11.4 Å². The number of thioether (sulfide) groups is 2. The third-order valence-electron chi connectivity index (χ3n) is 6.53. The molecule has 210 valence electrons. The van der Waals surface area contributed by atoms with Gasteiger partial charge in [0.25, 0.3) is 0 Å². The lowest BCUT2D eigenvalue weighted by atomic mass is 10.2. The number of hydrogen-bond acceptors (Lipinski definition) is 6. The Morgan fingerprint density at radius 1 is 0.500 bits per heavy atom. The van der Waals surface area contributed by atoms with Crippen molar-refractivity contribution in [1.29, 1.82) is 0 Å². The van der Waals surface area contributed by atoms with Gasteiger partial charge >= 0.3 is 0 Å². The first-order chi connectivity index (χ1) is 20.6. The zero-order chi connectivity index (χ0) is 28.7. The molecule has 10 heteroatoms. The SMILES string of the molecule is Fc1cccc(-n2c(CCc3nnc(SCc4ccccc4)n3-c3cccc(F)c3)nnc2SCc2ccccc2)c1. The zero-order valence-corrected chi connectivity index (χ0v) is 24.1. The van der Waals surface area contributed by atoms with Gasteiger partial charge in [0.2, 0.25) is 0 Å². The second kappa shape index (κ2) is 13.1. The molecule has 0 unspecified atom stereocenters. The molecule has 4 aromatic carbocycles. The highest BCUT2D eigenvalue weighted by molar-refractivity contribution is 7.98. The lowest BCUT2D eigenvalue weighted by molar-refractivity contribution is 0.623. The molecule has 2 aromatic heterocycles. The predicted molar refractivity (Wildman–Crippen MR) is 162 cm³/mol. The molecule has 0 aliphatic carbocycles. The third kappa shape index (κ3) is 6.61. The van der Waals surface area contributed by atoms with Crippen LogP contribution >= 0.6 is 23.5 Å². The van der Waals surface area contributed by atoms with Crippen molar-refractivity contribution in [3.8, 4) is 11.4 Å². The number of aromatic nitrogens is 6. The molecule has 0 amide bonds. The maximum absolute atomic E-state index is 14.3.